The molecule has 0 aliphatic carbocycles. The fourth-order valence-corrected chi connectivity index (χ4v) is 3.11. The number of carbonyl (C=O) groups excluding carboxylic acids is 1. The van der Waals surface area contributed by atoms with Crippen molar-refractivity contribution in [3.63, 3.8) is 0 Å². The molecule has 0 radical (unpaired) electrons. The van der Waals surface area contributed by atoms with Crippen LogP contribution in [-0.2, 0) is 0 Å². The van der Waals surface area contributed by atoms with Crippen LogP contribution < -0.4 is 15.0 Å². The van der Waals surface area contributed by atoms with Crippen molar-refractivity contribution in [3.05, 3.63) is 53.1 Å². The third-order valence-corrected chi connectivity index (χ3v) is 4.75. The first-order chi connectivity index (χ1) is 12.1. The van der Waals surface area contributed by atoms with Gasteiger partial charge in [-0.3, -0.25) is 4.79 Å². The van der Waals surface area contributed by atoms with Gasteiger partial charge in [0.15, 0.2) is 0 Å². The Labute approximate surface area is 153 Å². The highest BCUT2D eigenvalue weighted by atomic mass is 35.5. The van der Waals surface area contributed by atoms with E-state index in [1.54, 1.807) is 31.4 Å². The standard InChI is InChI=1S/C19H22ClN3O2/c1-22-9-11-23(12-10-22)14-7-8-18(25-2)17(13-14)21-19(24)15-5-3-4-6-16(15)20/h3-8,13H,9-12H2,1-2H3,(H,21,24). The van der Waals surface area contributed by atoms with Crippen molar-refractivity contribution >= 4 is 28.9 Å². The number of halogens is 1. The number of methoxy groups -OCH3 is 1. The van der Waals surface area contributed by atoms with Crippen LogP contribution in [0.5, 0.6) is 5.75 Å². The van der Waals surface area contributed by atoms with E-state index < -0.39 is 0 Å². The number of nitrogens with zero attached hydrogens (tertiary/aromatic N) is 2. The molecule has 0 bridgehead atoms. The predicted octanol–water partition coefficient (Wildman–Crippen LogP) is 3.35. The number of piperazine rings is 1. The molecule has 1 aliphatic rings. The molecular weight excluding hydrogens is 338 g/mol. The minimum absolute atomic E-state index is 0.251. The number of likely N-dealkylation sites (N-methyl/N-ethyl adjacent to an activating group) is 1. The molecule has 0 atom stereocenters. The number of benzene rings is 2. The van der Waals surface area contributed by atoms with Crippen molar-refractivity contribution in [1.82, 2.24) is 4.90 Å². The fourth-order valence-electron chi connectivity index (χ4n) is 2.89. The number of hydrogen-bond donors (Lipinski definition) is 1. The summed E-state index contributed by atoms with van der Waals surface area (Å²) < 4.78 is 5.40. The normalized spacial score (nSPS) is 15.1. The van der Waals surface area contributed by atoms with E-state index in [2.05, 4.69) is 22.2 Å². The van der Waals surface area contributed by atoms with E-state index >= 15 is 0 Å². The Morgan fingerprint density at radius 3 is 2.52 bits per heavy atom. The topological polar surface area (TPSA) is 44.8 Å². The molecule has 2 aromatic carbocycles. The third kappa shape index (κ3) is 4.06. The lowest BCUT2D eigenvalue weighted by Gasteiger charge is -2.34. The van der Waals surface area contributed by atoms with Crippen LogP contribution in [0.2, 0.25) is 5.02 Å². The molecule has 1 heterocycles. The molecule has 6 heteroatoms. The quantitative estimate of drug-likeness (QED) is 0.909. The van der Waals surface area contributed by atoms with Crippen LogP contribution >= 0.6 is 11.6 Å². The van der Waals surface area contributed by atoms with E-state index in [0.29, 0.717) is 22.0 Å². The summed E-state index contributed by atoms with van der Waals surface area (Å²) in [6, 6.07) is 12.9. The molecule has 0 spiro atoms. The zero-order valence-electron chi connectivity index (χ0n) is 14.5. The summed E-state index contributed by atoms with van der Waals surface area (Å²) in [5, 5.41) is 3.35. The second-order valence-electron chi connectivity index (χ2n) is 6.11. The van der Waals surface area contributed by atoms with Crippen molar-refractivity contribution in [2.45, 2.75) is 0 Å². The number of ether oxygens (including phenoxy) is 1. The lowest BCUT2D eigenvalue weighted by molar-refractivity contribution is 0.102. The first kappa shape index (κ1) is 17.6. The maximum atomic E-state index is 12.6. The zero-order chi connectivity index (χ0) is 17.8. The second-order valence-corrected chi connectivity index (χ2v) is 6.52. The molecular formula is C19H22ClN3O2. The van der Waals surface area contributed by atoms with Gasteiger partial charge in [-0.1, -0.05) is 23.7 Å². The Hall–Kier alpha value is -2.24. The summed E-state index contributed by atoms with van der Waals surface area (Å²) in [7, 11) is 3.72. The average molecular weight is 360 g/mol. The molecule has 1 saturated heterocycles. The van der Waals surface area contributed by atoms with E-state index in [1.165, 1.54) is 0 Å². The van der Waals surface area contributed by atoms with E-state index in [1.807, 2.05) is 18.2 Å². The lowest BCUT2D eigenvalue weighted by Crippen LogP contribution is -2.44. The zero-order valence-corrected chi connectivity index (χ0v) is 15.2. The van der Waals surface area contributed by atoms with Crippen molar-refractivity contribution in [2.75, 3.05) is 50.6 Å². The first-order valence-corrected chi connectivity index (χ1v) is 8.63. The highest BCUT2D eigenvalue weighted by Crippen LogP contribution is 2.31. The number of hydrogen-bond acceptors (Lipinski definition) is 4. The van der Waals surface area contributed by atoms with Gasteiger partial charge in [0.2, 0.25) is 0 Å². The molecule has 1 N–H and O–H groups in total. The van der Waals surface area contributed by atoms with E-state index in [4.69, 9.17) is 16.3 Å². The highest BCUT2D eigenvalue weighted by molar-refractivity contribution is 6.34. The number of nitrogens with one attached hydrogen (secondary N) is 1. The Morgan fingerprint density at radius 1 is 1.12 bits per heavy atom. The summed E-state index contributed by atoms with van der Waals surface area (Å²) in [5.74, 6) is 0.373. The Balaban J connectivity index is 1.83. The average Bonchev–Trinajstić information content (AvgIpc) is 2.62. The molecule has 0 aromatic heterocycles. The number of amides is 1. The minimum atomic E-state index is -0.251. The molecule has 1 amide bonds. The summed E-state index contributed by atoms with van der Waals surface area (Å²) in [5.41, 5.74) is 2.16. The second kappa shape index (κ2) is 7.76. The first-order valence-electron chi connectivity index (χ1n) is 8.26. The molecule has 132 valence electrons. The molecule has 0 unspecified atom stereocenters. The summed E-state index contributed by atoms with van der Waals surface area (Å²) in [4.78, 5) is 17.2. The van der Waals surface area contributed by atoms with Gasteiger partial charge in [-0.05, 0) is 37.4 Å². The lowest BCUT2D eigenvalue weighted by atomic mass is 10.2. The van der Waals surface area contributed by atoms with E-state index in [0.717, 1.165) is 31.9 Å². The molecule has 2 aromatic rings. The van der Waals surface area contributed by atoms with Gasteiger partial charge >= 0.3 is 0 Å². The van der Waals surface area contributed by atoms with Crippen LogP contribution in [0, 0.1) is 0 Å². The fraction of sp³-hybridized carbons (Fsp3) is 0.316. The number of anilines is 2. The summed E-state index contributed by atoms with van der Waals surface area (Å²) in [6.45, 7) is 3.96. The van der Waals surface area contributed by atoms with Gasteiger partial charge in [0, 0.05) is 31.9 Å². The minimum Gasteiger partial charge on any atom is -0.495 e. The number of rotatable bonds is 4. The number of carbonyl (C=O) groups is 1. The van der Waals surface area contributed by atoms with E-state index in [-0.39, 0.29) is 5.91 Å². The maximum absolute atomic E-state index is 12.6. The van der Waals surface area contributed by atoms with Crippen LogP contribution in [-0.4, -0.2) is 51.1 Å². The van der Waals surface area contributed by atoms with Gasteiger partial charge < -0.3 is 19.9 Å². The van der Waals surface area contributed by atoms with Gasteiger partial charge in [-0.2, -0.15) is 0 Å². The van der Waals surface area contributed by atoms with Gasteiger partial charge in [-0.15, -0.1) is 0 Å². The van der Waals surface area contributed by atoms with Crippen LogP contribution in [0.15, 0.2) is 42.5 Å². The molecule has 1 fully saturated rings. The van der Waals surface area contributed by atoms with Gasteiger partial charge in [0.25, 0.3) is 5.91 Å². The van der Waals surface area contributed by atoms with Crippen LogP contribution in [0.4, 0.5) is 11.4 Å². The Kier molecular flexibility index (Phi) is 5.46. The molecule has 5 nitrogen and oxygen atoms in total. The van der Waals surface area contributed by atoms with Crippen molar-refractivity contribution in [3.8, 4) is 5.75 Å². The SMILES string of the molecule is COc1ccc(N2CCN(C)CC2)cc1NC(=O)c1ccccc1Cl. The van der Waals surface area contributed by atoms with Crippen molar-refractivity contribution < 1.29 is 9.53 Å². The summed E-state index contributed by atoms with van der Waals surface area (Å²) in [6.07, 6.45) is 0. The third-order valence-electron chi connectivity index (χ3n) is 4.42. The smallest absolute Gasteiger partial charge is 0.257 e. The van der Waals surface area contributed by atoms with Gasteiger partial charge in [-0.25, -0.2) is 0 Å². The Morgan fingerprint density at radius 2 is 1.84 bits per heavy atom. The Bertz CT molecular complexity index is 758. The van der Waals surface area contributed by atoms with Gasteiger partial charge in [0.05, 0.1) is 23.4 Å². The van der Waals surface area contributed by atoms with Gasteiger partial charge in [0.1, 0.15) is 5.75 Å². The molecule has 3 rings (SSSR count). The van der Waals surface area contributed by atoms with Crippen LogP contribution in [0.1, 0.15) is 10.4 Å². The van der Waals surface area contributed by atoms with Crippen LogP contribution in [0.3, 0.4) is 0 Å². The maximum Gasteiger partial charge on any atom is 0.257 e. The molecule has 1 aliphatic heterocycles. The molecule has 0 saturated carbocycles. The van der Waals surface area contributed by atoms with Crippen molar-refractivity contribution in [2.24, 2.45) is 0 Å². The largest absolute Gasteiger partial charge is 0.495 e. The molecule has 25 heavy (non-hydrogen) atoms. The highest BCUT2D eigenvalue weighted by Gasteiger charge is 2.17. The van der Waals surface area contributed by atoms with Crippen molar-refractivity contribution in [1.29, 1.82) is 0 Å². The summed E-state index contributed by atoms with van der Waals surface area (Å²) >= 11 is 6.12. The predicted molar refractivity (Wildman–Crippen MR) is 102 cm³/mol. The monoisotopic (exact) mass is 359 g/mol. The van der Waals surface area contributed by atoms with E-state index in [9.17, 15) is 4.79 Å². The van der Waals surface area contributed by atoms with Crippen LogP contribution in [0.25, 0.3) is 0 Å².